The number of benzene rings is 6. The van der Waals surface area contributed by atoms with Crippen molar-refractivity contribution >= 4 is 21.8 Å². The van der Waals surface area contributed by atoms with Crippen molar-refractivity contribution in [3.63, 3.8) is 0 Å². The van der Waals surface area contributed by atoms with Crippen LogP contribution in [0.15, 0.2) is 158 Å². The molecular weight excluding hydrogens is 544 g/mol. The average molecular weight is 577 g/mol. The van der Waals surface area contributed by atoms with Crippen LogP contribution in [0.1, 0.15) is 11.1 Å². The van der Waals surface area contributed by atoms with Gasteiger partial charge in [-0.3, -0.25) is 0 Å². The summed E-state index contributed by atoms with van der Waals surface area (Å²) in [5, 5.41) is 2.48. The lowest BCUT2D eigenvalue weighted by Gasteiger charge is -2.12. The standard InChI is InChI=1S/C43H32N2/c1-29-12-16-33(17-13-29)40-27-36(28-41(44-40)34-18-14-30(2)15-19-34)35-22-25-43-39(26-35)38-10-6-7-11-42(38)45(43)37-23-20-32(21-24-37)31-8-4-3-5-9-31/h3-28H,1-2H3. The monoisotopic (exact) mass is 576 g/mol. The fourth-order valence-electron chi connectivity index (χ4n) is 6.31. The second-order valence-electron chi connectivity index (χ2n) is 11.9. The van der Waals surface area contributed by atoms with Crippen molar-refractivity contribution in [1.82, 2.24) is 9.55 Å². The van der Waals surface area contributed by atoms with Gasteiger partial charge in [0.1, 0.15) is 0 Å². The van der Waals surface area contributed by atoms with Gasteiger partial charge in [-0.05, 0) is 78.6 Å². The van der Waals surface area contributed by atoms with Gasteiger partial charge >= 0.3 is 0 Å². The van der Waals surface area contributed by atoms with Crippen molar-refractivity contribution in [3.8, 4) is 50.5 Å². The van der Waals surface area contributed by atoms with E-state index in [0.717, 1.165) is 33.8 Å². The van der Waals surface area contributed by atoms with E-state index < -0.39 is 0 Å². The molecule has 45 heavy (non-hydrogen) atoms. The maximum absolute atomic E-state index is 5.14. The van der Waals surface area contributed by atoms with Crippen molar-refractivity contribution in [2.75, 3.05) is 0 Å². The summed E-state index contributed by atoms with van der Waals surface area (Å²) in [5.41, 5.74) is 15.0. The maximum Gasteiger partial charge on any atom is 0.0715 e. The lowest BCUT2D eigenvalue weighted by molar-refractivity contribution is 1.18. The normalized spacial score (nSPS) is 11.3. The molecule has 2 heteroatoms. The van der Waals surface area contributed by atoms with Gasteiger partial charge in [0.2, 0.25) is 0 Å². The van der Waals surface area contributed by atoms with Gasteiger partial charge in [-0.2, -0.15) is 0 Å². The van der Waals surface area contributed by atoms with E-state index in [4.69, 9.17) is 4.98 Å². The van der Waals surface area contributed by atoms with E-state index >= 15 is 0 Å². The Balaban J connectivity index is 1.28. The first-order valence-electron chi connectivity index (χ1n) is 15.5. The summed E-state index contributed by atoms with van der Waals surface area (Å²) in [4.78, 5) is 5.14. The number of fused-ring (bicyclic) bond motifs is 3. The number of hydrogen-bond donors (Lipinski definition) is 0. The summed E-state index contributed by atoms with van der Waals surface area (Å²) in [6.45, 7) is 4.24. The number of aromatic nitrogens is 2. The largest absolute Gasteiger partial charge is 0.309 e. The number of pyridine rings is 1. The van der Waals surface area contributed by atoms with Crippen molar-refractivity contribution in [1.29, 1.82) is 0 Å². The van der Waals surface area contributed by atoms with Crippen LogP contribution in [0.25, 0.3) is 72.3 Å². The fraction of sp³-hybridized carbons (Fsp3) is 0.0465. The molecule has 8 aromatic rings. The molecule has 0 unspecified atom stereocenters. The van der Waals surface area contributed by atoms with Crippen LogP contribution in [-0.4, -0.2) is 9.55 Å². The lowest BCUT2D eigenvalue weighted by Crippen LogP contribution is -1.94. The molecule has 0 aliphatic rings. The highest BCUT2D eigenvalue weighted by molar-refractivity contribution is 6.10. The fourth-order valence-corrected chi connectivity index (χ4v) is 6.31. The Kier molecular flexibility index (Phi) is 6.61. The van der Waals surface area contributed by atoms with Crippen molar-refractivity contribution in [2.24, 2.45) is 0 Å². The minimum absolute atomic E-state index is 0.976. The SMILES string of the molecule is Cc1ccc(-c2cc(-c3ccc4c(c3)c3ccccc3n4-c3ccc(-c4ccccc4)cc3)cc(-c3ccc(C)cc3)n2)cc1. The second kappa shape index (κ2) is 11.1. The zero-order chi connectivity index (χ0) is 30.3. The quantitative estimate of drug-likeness (QED) is 0.199. The first kappa shape index (κ1) is 26.9. The molecule has 2 heterocycles. The topological polar surface area (TPSA) is 17.8 Å². The van der Waals surface area contributed by atoms with Crippen LogP contribution in [0.5, 0.6) is 0 Å². The van der Waals surface area contributed by atoms with Gasteiger partial charge < -0.3 is 4.57 Å². The lowest BCUT2D eigenvalue weighted by atomic mass is 9.98. The van der Waals surface area contributed by atoms with Gasteiger partial charge in [0.05, 0.1) is 22.4 Å². The summed E-state index contributed by atoms with van der Waals surface area (Å²) in [5.74, 6) is 0. The average Bonchev–Trinajstić information content (AvgIpc) is 3.43. The van der Waals surface area contributed by atoms with Gasteiger partial charge in [-0.25, -0.2) is 4.98 Å². The van der Waals surface area contributed by atoms with E-state index in [9.17, 15) is 0 Å². The molecule has 0 radical (unpaired) electrons. The van der Waals surface area contributed by atoms with Crippen LogP contribution in [0.3, 0.4) is 0 Å². The highest BCUT2D eigenvalue weighted by Crippen LogP contribution is 2.37. The maximum atomic E-state index is 5.14. The molecule has 0 aliphatic heterocycles. The van der Waals surface area contributed by atoms with Crippen molar-refractivity contribution in [3.05, 3.63) is 169 Å². The minimum Gasteiger partial charge on any atom is -0.309 e. The predicted molar refractivity (Wildman–Crippen MR) is 190 cm³/mol. The van der Waals surface area contributed by atoms with E-state index in [1.165, 1.54) is 49.6 Å². The Morgan fingerprint density at radius 1 is 0.378 bits per heavy atom. The van der Waals surface area contributed by atoms with Crippen LogP contribution in [0, 0.1) is 13.8 Å². The Morgan fingerprint density at radius 3 is 1.53 bits per heavy atom. The highest BCUT2D eigenvalue weighted by Gasteiger charge is 2.15. The summed E-state index contributed by atoms with van der Waals surface area (Å²) >= 11 is 0. The molecule has 8 rings (SSSR count). The molecule has 6 aromatic carbocycles. The Labute approximate surface area is 263 Å². The Morgan fingerprint density at radius 2 is 0.889 bits per heavy atom. The first-order chi connectivity index (χ1) is 22.1. The van der Waals surface area contributed by atoms with Crippen LogP contribution < -0.4 is 0 Å². The summed E-state index contributed by atoms with van der Waals surface area (Å²) in [6, 6.07) is 56.8. The second-order valence-corrected chi connectivity index (χ2v) is 11.9. The van der Waals surface area contributed by atoms with Gasteiger partial charge in [0.25, 0.3) is 0 Å². The first-order valence-corrected chi connectivity index (χ1v) is 15.5. The molecule has 2 aromatic heterocycles. The minimum atomic E-state index is 0.976. The van der Waals surface area contributed by atoms with E-state index in [0.29, 0.717) is 0 Å². The zero-order valence-electron chi connectivity index (χ0n) is 25.4. The third-order valence-electron chi connectivity index (χ3n) is 8.76. The molecule has 0 bridgehead atoms. The van der Waals surface area contributed by atoms with Crippen LogP contribution in [0.2, 0.25) is 0 Å². The van der Waals surface area contributed by atoms with Gasteiger partial charge in [-0.1, -0.05) is 126 Å². The van der Waals surface area contributed by atoms with Crippen LogP contribution >= 0.6 is 0 Å². The number of para-hydroxylation sites is 1. The number of rotatable bonds is 5. The molecule has 0 saturated carbocycles. The van der Waals surface area contributed by atoms with Gasteiger partial charge in [-0.15, -0.1) is 0 Å². The molecular formula is C43H32N2. The van der Waals surface area contributed by atoms with E-state index in [1.54, 1.807) is 0 Å². The zero-order valence-corrected chi connectivity index (χ0v) is 25.4. The molecule has 0 spiro atoms. The number of aryl methyl sites for hydroxylation is 2. The van der Waals surface area contributed by atoms with Crippen molar-refractivity contribution < 1.29 is 0 Å². The Bertz CT molecular complexity index is 2230. The van der Waals surface area contributed by atoms with Gasteiger partial charge in [0.15, 0.2) is 0 Å². The molecule has 0 fully saturated rings. The van der Waals surface area contributed by atoms with Crippen LogP contribution in [0.4, 0.5) is 0 Å². The number of hydrogen-bond acceptors (Lipinski definition) is 1. The highest BCUT2D eigenvalue weighted by atomic mass is 15.0. The molecule has 0 N–H and O–H groups in total. The molecule has 0 saturated heterocycles. The summed E-state index contributed by atoms with van der Waals surface area (Å²) in [7, 11) is 0. The molecule has 0 amide bonds. The smallest absolute Gasteiger partial charge is 0.0715 e. The number of nitrogens with zero attached hydrogens (tertiary/aromatic N) is 2. The Hall–Kier alpha value is -5.73. The van der Waals surface area contributed by atoms with E-state index in [1.807, 2.05) is 0 Å². The third kappa shape index (κ3) is 5.01. The molecule has 214 valence electrons. The van der Waals surface area contributed by atoms with Crippen LogP contribution in [-0.2, 0) is 0 Å². The molecule has 0 aliphatic carbocycles. The molecule has 2 nitrogen and oxygen atoms in total. The summed E-state index contributed by atoms with van der Waals surface area (Å²) in [6.07, 6.45) is 0. The van der Waals surface area contributed by atoms with Crippen molar-refractivity contribution in [2.45, 2.75) is 13.8 Å². The summed E-state index contributed by atoms with van der Waals surface area (Å²) < 4.78 is 2.38. The van der Waals surface area contributed by atoms with Gasteiger partial charge in [0, 0.05) is 27.6 Å². The molecule has 0 atom stereocenters. The third-order valence-corrected chi connectivity index (χ3v) is 8.76. The van der Waals surface area contributed by atoms with E-state index in [2.05, 4.69) is 176 Å². The predicted octanol–water partition coefficient (Wildman–Crippen LogP) is 11.5. The van der Waals surface area contributed by atoms with E-state index in [-0.39, 0.29) is 0 Å².